The van der Waals surface area contributed by atoms with Crippen molar-refractivity contribution >= 4 is 23.2 Å². The van der Waals surface area contributed by atoms with Crippen LogP contribution in [0.15, 0.2) is 36.4 Å². The molecule has 0 bridgehead atoms. The van der Waals surface area contributed by atoms with Gasteiger partial charge in [-0.25, -0.2) is 9.18 Å². The number of hydrogen-bond donors (Lipinski definition) is 2. The molecule has 1 heterocycles. The number of carboxylic acid groups (broad SMARTS) is 1. The van der Waals surface area contributed by atoms with Crippen molar-refractivity contribution < 1.29 is 19.1 Å². The van der Waals surface area contributed by atoms with E-state index in [1.807, 2.05) is 19.1 Å². The van der Waals surface area contributed by atoms with E-state index in [0.717, 1.165) is 6.42 Å². The van der Waals surface area contributed by atoms with Crippen LogP contribution in [-0.4, -0.2) is 17.0 Å². The van der Waals surface area contributed by atoms with E-state index in [9.17, 15) is 19.1 Å². The highest BCUT2D eigenvalue weighted by Crippen LogP contribution is 2.22. The van der Waals surface area contributed by atoms with Crippen molar-refractivity contribution in [1.82, 2.24) is 5.32 Å². The van der Waals surface area contributed by atoms with E-state index < -0.39 is 17.3 Å². The zero-order chi connectivity index (χ0) is 17.7. The molecule has 0 spiro atoms. The summed E-state index contributed by atoms with van der Waals surface area (Å²) < 4.78 is 13.0. The monoisotopic (exact) mass is 349 g/mol. The molecule has 0 aliphatic carbocycles. The number of aliphatic carboxylic acids is 1. The summed E-state index contributed by atoms with van der Waals surface area (Å²) in [7, 11) is 0. The van der Waals surface area contributed by atoms with Crippen LogP contribution in [0.3, 0.4) is 0 Å². The van der Waals surface area contributed by atoms with E-state index in [2.05, 4.69) is 5.32 Å². The first-order valence-corrected chi connectivity index (χ1v) is 8.48. The minimum Gasteiger partial charge on any atom is -0.479 e. The Kier molecular flexibility index (Phi) is 5.72. The van der Waals surface area contributed by atoms with Gasteiger partial charge in [-0.1, -0.05) is 12.1 Å². The van der Waals surface area contributed by atoms with Crippen LogP contribution in [0.2, 0.25) is 0 Å². The largest absolute Gasteiger partial charge is 0.479 e. The topological polar surface area (TPSA) is 66.4 Å². The van der Waals surface area contributed by atoms with Crippen LogP contribution >= 0.6 is 11.3 Å². The summed E-state index contributed by atoms with van der Waals surface area (Å²) in [6, 6.07) is 9.19. The Bertz CT molecular complexity index is 726. The minimum atomic E-state index is -1.58. The molecular formula is C18H20FNO3S. The van der Waals surface area contributed by atoms with Gasteiger partial charge in [-0.15, -0.1) is 11.3 Å². The van der Waals surface area contributed by atoms with Crippen LogP contribution < -0.4 is 5.32 Å². The summed E-state index contributed by atoms with van der Waals surface area (Å²) in [6.45, 7) is 3.44. The third kappa shape index (κ3) is 4.41. The van der Waals surface area contributed by atoms with Gasteiger partial charge < -0.3 is 10.4 Å². The lowest BCUT2D eigenvalue weighted by Crippen LogP contribution is -2.49. The molecule has 0 aliphatic heterocycles. The lowest BCUT2D eigenvalue weighted by Gasteiger charge is -2.26. The van der Waals surface area contributed by atoms with Crippen molar-refractivity contribution in [2.45, 2.75) is 38.6 Å². The average molecular weight is 349 g/mol. The Balaban J connectivity index is 1.97. The first-order chi connectivity index (χ1) is 11.3. The van der Waals surface area contributed by atoms with Crippen molar-refractivity contribution in [3.63, 3.8) is 0 Å². The first kappa shape index (κ1) is 18.1. The zero-order valence-electron chi connectivity index (χ0n) is 13.6. The van der Waals surface area contributed by atoms with Gasteiger partial charge in [0, 0.05) is 16.2 Å². The molecule has 6 heteroatoms. The van der Waals surface area contributed by atoms with E-state index in [4.69, 9.17) is 0 Å². The summed E-state index contributed by atoms with van der Waals surface area (Å²) >= 11 is 1.69. The standard InChI is InChI=1S/C18H20FNO3S/c1-12-6-11-15(24-12)4-3-5-16(21)20-18(2,17(22)23)13-7-9-14(19)10-8-13/h6-11H,3-5H2,1-2H3,(H,20,21)(H,22,23). The number of nitrogens with one attached hydrogen (secondary N) is 1. The number of carbonyl (C=O) groups excluding carboxylic acids is 1. The predicted octanol–water partition coefficient (Wildman–Crippen LogP) is 3.63. The number of amides is 1. The van der Waals surface area contributed by atoms with E-state index in [1.165, 1.54) is 40.9 Å². The molecule has 1 aromatic carbocycles. The van der Waals surface area contributed by atoms with Crippen molar-refractivity contribution in [2.24, 2.45) is 0 Å². The summed E-state index contributed by atoms with van der Waals surface area (Å²) in [5.41, 5.74) is -1.25. The number of carbonyl (C=O) groups is 2. The fourth-order valence-corrected chi connectivity index (χ4v) is 3.35. The van der Waals surface area contributed by atoms with Gasteiger partial charge in [0.1, 0.15) is 5.82 Å². The molecule has 4 nitrogen and oxygen atoms in total. The number of hydrogen-bond acceptors (Lipinski definition) is 3. The van der Waals surface area contributed by atoms with Crippen LogP contribution in [0.25, 0.3) is 0 Å². The smallest absolute Gasteiger partial charge is 0.333 e. The van der Waals surface area contributed by atoms with Crippen molar-refractivity contribution in [3.05, 3.63) is 57.5 Å². The van der Waals surface area contributed by atoms with E-state index in [-0.39, 0.29) is 12.3 Å². The number of carboxylic acids is 1. The van der Waals surface area contributed by atoms with Gasteiger partial charge in [0.15, 0.2) is 5.54 Å². The Morgan fingerprint density at radius 3 is 2.42 bits per heavy atom. The summed E-state index contributed by atoms with van der Waals surface area (Å²) in [4.78, 5) is 26.2. The average Bonchev–Trinajstić information content (AvgIpc) is 2.93. The number of thiophene rings is 1. The van der Waals surface area contributed by atoms with E-state index in [0.29, 0.717) is 12.0 Å². The van der Waals surface area contributed by atoms with E-state index in [1.54, 1.807) is 11.3 Å². The van der Waals surface area contributed by atoms with Crippen molar-refractivity contribution in [2.75, 3.05) is 0 Å². The molecule has 1 aromatic heterocycles. The Labute approximate surface area is 144 Å². The molecule has 0 fully saturated rings. The fourth-order valence-electron chi connectivity index (χ4n) is 2.42. The summed E-state index contributed by atoms with van der Waals surface area (Å²) in [6.07, 6.45) is 1.66. The van der Waals surface area contributed by atoms with Crippen LogP contribution in [0.5, 0.6) is 0 Å². The molecule has 0 aliphatic rings. The molecule has 2 N–H and O–H groups in total. The van der Waals surface area contributed by atoms with Gasteiger partial charge >= 0.3 is 5.97 Å². The normalized spacial score (nSPS) is 13.3. The van der Waals surface area contributed by atoms with Gasteiger partial charge in [0.05, 0.1) is 0 Å². The Morgan fingerprint density at radius 1 is 1.21 bits per heavy atom. The SMILES string of the molecule is Cc1ccc(CCCC(=O)NC(C)(C(=O)O)c2ccc(F)cc2)s1. The third-order valence-corrected chi connectivity index (χ3v) is 4.92. The molecule has 1 amide bonds. The van der Waals surface area contributed by atoms with Crippen LogP contribution in [0, 0.1) is 12.7 Å². The molecule has 0 saturated heterocycles. The molecule has 1 atom stereocenters. The van der Waals surface area contributed by atoms with Gasteiger partial charge in [-0.05, 0) is 56.5 Å². The maximum Gasteiger partial charge on any atom is 0.333 e. The lowest BCUT2D eigenvalue weighted by atomic mass is 9.91. The van der Waals surface area contributed by atoms with Gasteiger partial charge in [-0.3, -0.25) is 4.79 Å². The van der Waals surface area contributed by atoms with Gasteiger partial charge in [0.25, 0.3) is 0 Å². The van der Waals surface area contributed by atoms with Gasteiger partial charge in [0.2, 0.25) is 5.91 Å². The highest BCUT2D eigenvalue weighted by atomic mass is 32.1. The fraction of sp³-hybridized carbons (Fsp3) is 0.333. The number of rotatable bonds is 7. The summed E-state index contributed by atoms with van der Waals surface area (Å²) in [5, 5.41) is 12.1. The van der Waals surface area contributed by atoms with Crippen LogP contribution in [0.1, 0.15) is 35.1 Å². The molecule has 2 rings (SSSR count). The molecular weight excluding hydrogens is 329 g/mol. The summed E-state index contributed by atoms with van der Waals surface area (Å²) in [5.74, 6) is -1.97. The van der Waals surface area contributed by atoms with Crippen molar-refractivity contribution in [1.29, 1.82) is 0 Å². The second kappa shape index (κ2) is 7.57. The van der Waals surface area contributed by atoms with Crippen molar-refractivity contribution in [3.8, 4) is 0 Å². The maximum atomic E-state index is 13.0. The molecule has 24 heavy (non-hydrogen) atoms. The predicted molar refractivity (Wildman–Crippen MR) is 91.5 cm³/mol. The number of halogens is 1. The molecule has 0 saturated carbocycles. The number of benzene rings is 1. The number of aryl methyl sites for hydroxylation is 2. The highest BCUT2D eigenvalue weighted by molar-refractivity contribution is 7.11. The second-order valence-corrected chi connectivity index (χ2v) is 7.22. The van der Waals surface area contributed by atoms with Gasteiger partial charge in [-0.2, -0.15) is 0 Å². The quantitative estimate of drug-likeness (QED) is 0.802. The maximum absolute atomic E-state index is 13.0. The minimum absolute atomic E-state index is 0.237. The lowest BCUT2D eigenvalue weighted by molar-refractivity contribution is -0.147. The Morgan fingerprint density at radius 2 is 1.88 bits per heavy atom. The second-order valence-electron chi connectivity index (χ2n) is 5.85. The molecule has 128 valence electrons. The van der Waals surface area contributed by atoms with Crippen LogP contribution in [0.4, 0.5) is 4.39 Å². The van der Waals surface area contributed by atoms with Crippen LogP contribution in [-0.2, 0) is 21.5 Å². The molecule has 0 radical (unpaired) electrons. The van der Waals surface area contributed by atoms with E-state index >= 15 is 0 Å². The Hall–Kier alpha value is -2.21. The third-order valence-electron chi connectivity index (χ3n) is 3.86. The highest BCUT2D eigenvalue weighted by Gasteiger charge is 2.36. The zero-order valence-corrected chi connectivity index (χ0v) is 14.5. The first-order valence-electron chi connectivity index (χ1n) is 7.67. The molecule has 1 unspecified atom stereocenters. The molecule has 2 aromatic rings.